The summed E-state index contributed by atoms with van der Waals surface area (Å²) in [6.45, 7) is 4.70. The molecule has 0 unspecified atom stereocenters. The predicted octanol–water partition coefficient (Wildman–Crippen LogP) is 0.413. The molecular weight excluding hydrogens is 134 g/mol. The summed E-state index contributed by atoms with van der Waals surface area (Å²) >= 11 is 0. The van der Waals surface area contributed by atoms with E-state index in [-0.39, 0.29) is 0 Å². The number of aliphatic hydroxyl groups is 1. The van der Waals surface area contributed by atoms with E-state index in [1.54, 1.807) is 20.8 Å². The van der Waals surface area contributed by atoms with Crippen LogP contribution in [0, 0.1) is 0 Å². The number of hydrogen-bond acceptors (Lipinski definition) is 2. The lowest BCUT2D eigenvalue weighted by Crippen LogP contribution is -2.46. The summed E-state index contributed by atoms with van der Waals surface area (Å²) in [5, 5.41) is 19.6. The zero-order chi connectivity index (χ0) is 8.36. The first-order valence-electron chi connectivity index (χ1n) is 3.06. The minimum atomic E-state index is -1.12. The van der Waals surface area contributed by atoms with Crippen molar-refractivity contribution in [2.45, 2.75) is 32.4 Å². The van der Waals surface area contributed by atoms with Gasteiger partial charge in [0, 0.05) is 0 Å². The third-order valence-corrected chi connectivity index (χ3v) is 1.40. The van der Waals surface area contributed by atoms with Crippen LogP contribution in [0.3, 0.4) is 0 Å². The maximum Gasteiger partial charge on any atom is 0.404 e. The van der Waals surface area contributed by atoms with Crippen LogP contribution in [0.5, 0.6) is 0 Å². The Kier molecular flexibility index (Phi) is 2.65. The monoisotopic (exact) mass is 147 g/mol. The zero-order valence-electron chi connectivity index (χ0n) is 6.38. The number of amides is 1. The molecule has 0 aromatic carbocycles. The minimum absolute atomic E-state index is 0.454. The quantitative estimate of drug-likeness (QED) is 0.530. The van der Waals surface area contributed by atoms with Gasteiger partial charge in [0.25, 0.3) is 0 Å². The fourth-order valence-electron chi connectivity index (χ4n) is 0.362. The van der Waals surface area contributed by atoms with Crippen LogP contribution in [0.4, 0.5) is 4.79 Å². The number of rotatable bonds is 2. The molecule has 4 heteroatoms. The van der Waals surface area contributed by atoms with Gasteiger partial charge in [0.15, 0.2) is 0 Å². The number of carboxylic acid groups (broad SMARTS) is 1. The summed E-state index contributed by atoms with van der Waals surface area (Å²) in [6.07, 6.45) is -1.12. The van der Waals surface area contributed by atoms with Crippen molar-refractivity contribution < 1.29 is 15.0 Å². The van der Waals surface area contributed by atoms with Gasteiger partial charge in [-0.3, -0.25) is 0 Å². The van der Waals surface area contributed by atoms with Crippen LogP contribution < -0.4 is 5.32 Å². The van der Waals surface area contributed by atoms with Crippen molar-refractivity contribution in [1.29, 1.82) is 0 Å². The smallest absolute Gasteiger partial charge is 0.404 e. The first-order valence-corrected chi connectivity index (χ1v) is 3.06. The molecule has 0 aliphatic heterocycles. The van der Waals surface area contributed by atoms with Crippen molar-refractivity contribution >= 4 is 6.09 Å². The minimum Gasteiger partial charge on any atom is -0.465 e. The Bertz CT molecular complexity index is 127. The molecule has 60 valence electrons. The van der Waals surface area contributed by atoms with Crippen molar-refractivity contribution in [2.75, 3.05) is 0 Å². The van der Waals surface area contributed by atoms with Gasteiger partial charge in [0.05, 0.1) is 11.6 Å². The summed E-state index contributed by atoms with van der Waals surface area (Å²) < 4.78 is 0. The summed E-state index contributed by atoms with van der Waals surface area (Å²) in [5.74, 6) is 0. The molecule has 0 radical (unpaired) electrons. The molecule has 0 heterocycles. The molecule has 0 bridgehead atoms. The van der Waals surface area contributed by atoms with E-state index in [0.29, 0.717) is 0 Å². The van der Waals surface area contributed by atoms with Crippen LogP contribution in [0.25, 0.3) is 0 Å². The van der Waals surface area contributed by atoms with Crippen molar-refractivity contribution in [3.8, 4) is 0 Å². The van der Waals surface area contributed by atoms with Crippen molar-refractivity contribution in [3.05, 3.63) is 0 Å². The van der Waals surface area contributed by atoms with Gasteiger partial charge in [-0.1, -0.05) is 0 Å². The lowest BCUT2D eigenvalue weighted by molar-refractivity contribution is 0.0443. The normalized spacial score (nSPS) is 14.4. The van der Waals surface area contributed by atoms with E-state index in [2.05, 4.69) is 5.32 Å². The van der Waals surface area contributed by atoms with Crippen LogP contribution in [0.1, 0.15) is 20.8 Å². The summed E-state index contributed by atoms with van der Waals surface area (Å²) in [5.41, 5.74) is -1.00. The van der Waals surface area contributed by atoms with Crippen molar-refractivity contribution in [2.24, 2.45) is 0 Å². The largest absolute Gasteiger partial charge is 0.465 e. The number of nitrogens with one attached hydrogen (secondary N) is 1. The Hall–Kier alpha value is -0.770. The zero-order valence-corrected chi connectivity index (χ0v) is 6.38. The second-order valence-electron chi connectivity index (χ2n) is 2.82. The van der Waals surface area contributed by atoms with E-state index in [1.165, 1.54) is 0 Å². The van der Waals surface area contributed by atoms with E-state index in [0.717, 1.165) is 0 Å². The van der Waals surface area contributed by atoms with Gasteiger partial charge in [-0.05, 0) is 20.8 Å². The van der Waals surface area contributed by atoms with E-state index in [4.69, 9.17) is 5.11 Å². The fourth-order valence-corrected chi connectivity index (χ4v) is 0.362. The standard InChI is InChI=1S/C6H13NO3/c1-4(6(2,3)10)7-5(8)9/h4,7,10H,1-3H3,(H,8,9)/t4-/m0/s1. The Labute approximate surface area is 59.9 Å². The van der Waals surface area contributed by atoms with Gasteiger partial charge in [0.2, 0.25) is 0 Å². The summed E-state index contributed by atoms with van der Waals surface area (Å²) in [7, 11) is 0. The molecule has 0 fully saturated rings. The molecule has 0 aliphatic rings. The van der Waals surface area contributed by atoms with Gasteiger partial charge < -0.3 is 15.5 Å². The first kappa shape index (κ1) is 9.23. The third kappa shape index (κ3) is 3.29. The molecule has 0 rings (SSSR count). The molecule has 1 atom stereocenters. The molecule has 0 spiro atoms. The van der Waals surface area contributed by atoms with Gasteiger partial charge in [-0.15, -0.1) is 0 Å². The van der Waals surface area contributed by atoms with Gasteiger partial charge in [-0.2, -0.15) is 0 Å². The molecule has 1 amide bonds. The van der Waals surface area contributed by atoms with Crippen LogP contribution in [-0.2, 0) is 0 Å². The molecule has 4 nitrogen and oxygen atoms in total. The summed E-state index contributed by atoms with van der Waals surface area (Å²) in [4.78, 5) is 10.0. The maximum absolute atomic E-state index is 10.0. The highest BCUT2D eigenvalue weighted by atomic mass is 16.4. The van der Waals surface area contributed by atoms with Crippen molar-refractivity contribution in [3.63, 3.8) is 0 Å². The Morgan fingerprint density at radius 3 is 2.10 bits per heavy atom. The van der Waals surface area contributed by atoms with Gasteiger partial charge in [0.1, 0.15) is 0 Å². The topological polar surface area (TPSA) is 69.6 Å². The lowest BCUT2D eigenvalue weighted by atomic mass is 10.0. The third-order valence-electron chi connectivity index (χ3n) is 1.40. The molecule has 10 heavy (non-hydrogen) atoms. The molecule has 0 aromatic heterocycles. The number of carbonyl (C=O) groups is 1. The molecule has 0 saturated heterocycles. The SMILES string of the molecule is C[C@H](NC(=O)O)C(C)(C)O. The van der Waals surface area contributed by atoms with Crippen molar-refractivity contribution in [1.82, 2.24) is 5.32 Å². The Morgan fingerprint density at radius 1 is 1.60 bits per heavy atom. The average molecular weight is 147 g/mol. The van der Waals surface area contributed by atoms with E-state index in [9.17, 15) is 9.90 Å². The molecular formula is C6H13NO3. The molecule has 0 aliphatic carbocycles. The van der Waals surface area contributed by atoms with Crippen LogP contribution >= 0.6 is 0 Å². The fraction of sp³-hybridized carbons (Fsp3) is 0.833. The lowest BCUT2D eigenvalue weighted by Gasteiger charge is -2.25. The van der Waals surface area contributed by atoms with E-state index in [1.807, 2.05) is 0 Å². The van der Waals surface area contributed by atoms with E-state index >= 15 is 0 Å². The average Bonchev–Trinajstić information content (AvgIpc) is 1.60. The highest BCUT2D eigenvalue weighted by Crippen LogP contribution is 2.06. The second-order valence-corrected chi connectivity index (χ2v) is 2.82. The Morgan fingerprint density at radius 2 is 2.00 bits per heavy atom. The predicted molar refractivity (Wildman–Crippen MR) is 36.9 cm³/mol. The highest BCUT2D eigenvalue weighted by molar-refractivity contribution is 5.64. The highest BCUT2D eigenvalue weighted by Gasteiger charge is 2.23. The van der Waals surface area contributed by atoms with Crippen LogP contribution in [0.2, 0.25) is 0 Å². The second kappa shape index (κ2) is 2.88. The van der Waals surface area contributed by atoms with Crippen LogP contribution in [-0.4, -0.2) is 27.9 Å². The first-order chi connectivity index (χ1) is 4.34. The molecule has 0 aromatic rings. The summed E-state index contributed by atoms with van der Waals surface area (Å²) in [6, 6.07) is -0.454. The molecule has 0 saturated carbocycles. The van der Waals surface area contributed by atoms with Crippen LogP contribution in [0.15, 0.2) is 0 Å². The van der Waals surface area contributed by atoms with Gasteiger partial charge >= 0.3 is 6.09 Å². The van der Waals surface area contributed by atoms with E-state index < -0.39 is 17.7 Å². The molecule has 3 N–H and O–H groups in total. The number of hydrogen-bond donors (Lipinski definition) is 3. The van der Waals surface area contributed by atoms with Gasteiger partial charge in [-0.25, -0.2) is 4.79 Å². The maximum atomic E-state index is 10.0. The Balaban J connectivity index is 3.85.